The number of amides is 1. The monoisotopic (exact) mass is 286 g/mol. The minimum Gasteiger partial charge on any atom is -0.449 e. The van der Waals surface area contributed by atoms with Gasteiger partial charge in [-0.15, -0.1) is 0 Å². The number of hydrogen-bond acceptors (Lipinski definition) is 4. The third-order valence-corrected chi connectivity index (χ3v) is 2.79. The van der Waals surface area contributed by atoms with E-state index in [1.54, 1.807) is 24.3 Å². The topological polar surface area (TPSA) is 81.5 Å². The van der Waals surface area contributed by atoms with Gasteiger partial charge >= 0.3 is 6.09 Å². The van der Waals surface area contributed by atoms with E-state index >= 15 is 0 Å². The highest BCUT2D eigenvalue weighted by atomic mass is 16.6. The van der Waals surface area contributed by atoms with Gasteiger partial charge in [0.2, 0.25) is 0 Å². The summed E-state index contributed by atoms with van der Waals surface area (Å²) >= 11 is 0. The van der Waals surface area contributed by atoms with Gasteiger partial charge in [0.05, 0.1) is 11.5 Å². The molecule has 0 saturated heterocycles. The van der Waals surface area contributed by atoms with Crippen LogP contribution in [-0.2, 0) is 11.2 Å². The SMILES string of the molecule is O=C(Nc1ccccc1)OCCc1ccc([N+](=O)[O-])cc1. The van der Waals surface area contributed by atoms with Gasteiger partial charge in [-0.2, -0.15) is 0 Å². The molecule has 0 spiro atoms. The molecule has 0 unspecified atom stereocenters. The highest BCUT2D eigenvalue weighted by Gasteiger charge is 2.05. The molecule has 0 bridgehead atoms. The zero-order valence-electron chi connectivity index (χ0n) is 11.2. The smallest absolute Gasteiger partial charge is 0.411 e. The van der Waals surface area contributed by atoms with Gasteiger partial charge in [0.25, 0.3) is 5.69 Å². The van der Waals surface area contributed by atoms with E-state index < -0.39 is 11.0 Å². The van der Waals surface area contributed by atoms with Crippen LogP contribution >= 0.6 is 0 Å². The molecule has 1 amide bonds. The Kier molecular flexibility index (Phi) is 4.87. The lowest BCUT2D eigenvalue weighted by molar-refractivity contribution is -0.384. The van der Waals surface area contributed by atoms with Crippen LogP contribution in [0.4, 0.5) is 16.2 Å². The highest BCUT2D eigenvalue weighted by Crippen LogP contribution is 2.12. The van der Waals surface area contributed by atoms with Crippen molar-refractivity contribution in [2.24, 2.45) is 0 Å². The largest absolute Gasteiger partial charge is 0.449 e. The molecule has 2 rings (SSSR count). The molecular formula is C15H14N2O4. The van der Waals surface area contributed by atoms with Crippen LogP contribution in [0.1, 0.15) is 5.56 Å². The molecular weight excluding hydrogens is 272 g/mol. The predicted octanol–water partition coefficient (Wildman–Crippen LogP) is 3.39. The molecule has 2 aromatic carbocycles. The minimum absolute atomic E-state index is 0.0430. The summed E-state index contributed by atoms with van der Waals surface area (Å²) in [5.41, 5.74) is 1.58. The van der Waals surface area contributed by atoms with Gasteiger partial charge in [0.1, 0.15) is 0 Å². The first-order valence-corrected chi connectivity index (χ1v) is 6.37. The summed E-state index contributed by atoms with van der Waals surface area (Å²) in [6, 6.07) is 15.2. The first-order chi connectivity index (χ1) is 10.1. The molecule has 0 aliphatic carbocycles. The van der Waals surface area contributed by atoms with Crippen LogP contribution in [0.3, 0.4) is 0 Å². The number of rotatable bonds is 5. The van der Waals surface area contributed by atoms with E-state index in [9.17, 15) is 14.9 Å². The molecule has 2 aromatic rings. The van der Waals surface area contributed by atoms with Crippen LogP contribution in [-0.4, -0.2) is 17.6 Å². The fraction of sp³-hybridized carbons (Fsp3) is 0.133. The average Bonchev–Trinajstić information content (AvgIpc) is 2.49. The van der Waals surface area contributed by atoms with Gasteiger partial charge < -0.3 is 4.74 Å². The second kappa shape index (κ2) is 7.04. The molecule has 0 heterocycles. The molecule has 0 aromatic heterocycles. The Morgan fingerprint density at radius 3 is 2.38 bits per heavy atom. The minimum atomic E-state index is -0.525. The summed E-state index contributed by atoms with van der Waals surface area (Å²) in [4.78, 5) is 21.6. The van der Waals surface area contributed by atoms with Gasteiger partial charge in [-0.1, -0.05) is 30.3 Å². The first kappa shape index (κ1) is 14.5. The Hall–Kier alpha value is -2.89. The lowest BCUT2D eigenvalue weighted by Gasteiger charge is -2.06. The van der Waals surface area contributed by atoms with E-state index in [1.165, 1.54) is 12.1 Å². The van der Waals surface area contributed by atoms with E-state index in [1.807, 2.05) is 18.2 Å². The van der Waals surface area contributed by atoms with E-state index in [4.69, 9.17) is 4.74 Å². The maximum Gasteiger partial charge on any atom is 0.411 e. The number of non-ortho nitro benzene ring substituents is 1. The van der Waals surface area contributed by atoms with Crippen LogP contribution in [0.25, 0.3) is 0 Å². The molecule has 0 saturated carbocycles. The third kappa shape index (κ3) is 4.61. The quantitative estimate of drug-likeness (QED) is 0.674. The normalized spacial score (nSPS) is 9.90. The van der Waals surface area contributed by atoms with Crippen LogP contribution in [0.2, 0.25) is 0 Å². The Bertz CT molecular complexity index is 611. The van der Waals surface area contributed by atoms with Crippen molar-refractivity contribution in [3.63, 3.8) is 0 Å². The van der Waals surface area contributed by atoms with Gasteiger partial charge in [-0.05, 0) is 17.7 Å². The molecule has 0 aliphatic rings. The number of nitrogens with zero attached hydrogens (tertiary/aromatic N) is 1. The number of para-hydroxylation sites is 1. The van der Waals surface area contributed by atoms with Crippen LogP contribution in [0.15, 0.2) is 54.6 Å². The van der Waals surface area contributed by atoms with Crippen molar-refractivity contribution in [2.75, 3.05) is 11.9 Å². The molecule has 0 atom stereocenters. The Morgan fingerprint density at radius 1 is 1.10 bits per heavy atom. The Morgan fingerprint density at radius 2 is 1.76 bits per heavy atom. The van der Waals surface area contributed by atoms with Crippen molar-refractivity contribution in [2.45, 2.75) is 6.42 Å². The Labute approximate surface area is 121 Å². The fourth-order valence-electron chi connectivity index (χ4n) is 1.72. The molecule has 0 aliphatic heterocycles. The number of nitro groups is 1. The van der Waals surface area contributed by atoms with Crippen molar-refractivity contribution in [1.82, 2.24) is 0 Å². The molecule has 1 N–H and O–H groups in total. The third-order valence-electron chi connectivity index (χ3n) is 2.79. The lowest BCUT2D eigenvalue weighted by Crippen LogP contribution is -2.15. The number of nitro benzene ring substituents is 1. The van der Waals surface area contributed by atoms with Gasteiger partial charge in [0, 0.05) is 24.2 Å². The van der Waals surface area contributed by atoms with E-state index in [0.29, 0.717) is 12.1 Å². The maximum absolute atomic E-state index is 11.5. The molecule has 108 valence electrons. The maximum atomic E-state index is 11.5. The van der Waals surface area contributed by atoms with Crippen LogP contribution in [0.5, 0.6) is 0 Å². The lowest BCUT2D eigenvalue weighted by atomic mass is 10.1. The second-order valence-electron chi connectivity index (χ2n) is 4.30. The summed E-state index contributed by atoms with van der Waals surface area (Å²) < 4.78 is 5.04. The summed E-state index contributed by atoms with van der Waals surface area (Å²) in [7, 11) is 0. The van der Waals surface area contributed by atoms with Crippen molar-refractivity contribution in [3.8, 4) is 0 Å². The van der Waals surface area contributed by atoms with Crippen molar-refractivity contribution >= 4 is 17.5 Å². The molecule has 6 heteroatoms. The number of benzene rings is 2. The number of nitrogens with one attached hydrogen (secondary N) is 1. The van der Waals surface area contributed by atoms with Crippen LogP contribution in [0, 0.1) is 10.1 Å². The van der Waals surface area contributed by atoms with E-state index in [-0.39, 0.29) is 12.3 Å². The van der Waals surface area contributed by atoms with Gasteiger partial charge in [0.15, 0.2) is 0 Å². The van der Waals surface area contributed by atoms with Crippen molar-refractivity contribution in [1.29, 1.82) is 0 Å². The zero-order chi connectivity index (χ0) is 15.1. The van der Waals surface area contributed by atoms with E-state index in [0.717, 1.165) is 5.56 Å². The average molecular weight is 286 g/mol. The first-order valence-electron chi connectivity index (χ1n) is 6.37. The molecule has 6 nitrogen and oxygen atoms in total. The van der Waals surface area contributed by atoms with E-state index in [2.05, 4.69) is 5.32 Å². The fourth-order valence-corrected chi connectivity index (χ4v) is 1.72. The number of carbonyl (C=O) groups excluding carboxylic acids is 1. The second-order valence-corrected chi connectivity index (χ2v) is 4.30. The standard InChI is InChI=1S/C15H14N2O4/c18-15(16-13-4-2-1-3-5-13)21-11-10-12-6-8-14(9-7-12)17(19)20/h1-9H,10-11H2,(H,16,18). The number of ether oxygens (including phenoxy) is 1. The molecule has 0 radical (unpaired) electrons. The highest BCUT2D eigenvalue weighted by molar-refractivity contribution is 5.84. The summed E-state index contributed by atoms with van der Waals surface area (Å²) in [6.07, 6.45) is -0.0247. The Balaban J connectivity index is 1.76. The van der Waals surface area contributed by atoms with Gasteiger partial charge in [-0.25, -0.2) is 4.79 Å². The van der Waals surface area contributed by atoms with Crippen molar-refractivity contribution < 1.29 is 14.5 Å². The summed E-state index contributed by atoms with van der Waals surface area (Å²) in [5.74, 6) is 0. The molecule has 0 fully saturated rings. The predicted molar refractivity (Wildman–Crippen MR) is 78.2 cm³/mol. The van der Waals surface area contributed by atoms with Crippen LogP contribution < -0.4 is 5.32 Å². The number of anilines is 1. The zero-order valence-corrected chi connectivity index (χ0v) is 11.2. The van der Waals surface area contributed by atoms with Gasteiger partial charge in [-0.3, -0.25) is 15.4 Å². The summed E-state index contributed by atoms with van der Waals surface area (Å²) in [5, 5.41) is 13.1. The number of hydrogen-bond donors (Lipinski definition) is 1. The molecule has 21 heavy (non-hydrogen) atoms. The summed E-state index contributed by atoms with van der Waals surface area (Å²) in [6.45, 7) is 0.205. The number of carbonyl (C=O) groups is 1. The van der Waals surface area contributed by atoms with Crippen molar-refractivity contribution in [3.05, 3.63) is 70.3 Å².